The van der Waals surface area contributed by atoms with E-state index in [-0.39, 0.29) is 0 Å². The van der Waals surface area contributed by atoms with Gasteiger partial charge in [0.2, 0.25) is 0 Å². The molecular formula is C21H24BrN3O2S. The van der Waals surface area contributed by atoms with E-state index in [2.05, 4.69) is 32.8 Å². The molecule has 0 aliphatic carbocycles. The average molecular weight is 462 g/mol. The van der Waals surface area contributed by atoms with Crippen molar-refractivity contribution in [3.8, 4) is 0 Å². The Kier molecular flexibility index (Phi) is 5.35. The molecule has 0 bridgehead atoms. The highest BCUT2D eigenvalue weighted by Gasteiger charge is 2.23. The van der Waals surface area contributed by atoms with Gasteiger partial charge < -0.3 is 4.90 Å². The van der Waals surface area contributed by atoms with E-state index in [0.717, 1.165) is 53.7 Å². The molecule has 1 aliphatic rings. The summed E-state index contributed by atoms with van der Waals surface area (Å²) < 4.78 is 29.0. The van der Waals surface area contributed by atoms with Crippen LogP contribution in [0.5, 0.6) is 0 Å². The van der Waals surface area contributed by atoms with Gasteiger partial charge in [-0.2, -0.15) is 0 Å². The van der Waals surface area contributed by atoms with Gasteiger partial charge in [-0.15, -0.1) is 0 Å². The van der Waals surface area contributed by atoms with E-state index in [1.165, 1.54) is 3.97 Å². The van der Waals surface area contributed by atoms with Crippen molar-refractivity contribution in [2.75, 3.05) is 33.2 Å². The van der Waals surface area contributed by atoms with Gasteiger partial charge in [0.05, 0.1) is 10.4 Å². The van der Waals surface area contributed by atoms with Crippen LogP contribution in [0, 0.1) is 6.92 Å². The van der Waals surface area contributed by atoms with Crippen LogP contribution in [0.3, 0.4) is 0 Å². The number of rotatable bonds is 4. The van der Waals surface area contributed by atoms with E-state index < -0.39 is 10.0 Å². The summed E-state index contributed by atoms with van der Waals surface area (Å²) >= 11 is 3.53. The van der Waals surface area contributed by atoms with Gasteiger partial charge in [0, 0.05) is 48.8 Å². The molecule has 0 amide bonds. The molecule has 5 nitrogen and oxygen atoms in total. The number of hydrogen-bond donors (Lipinski definition) is 0. The molecule has 148 valence electrons. The molecule has 1 saturated heterocycles. The van der Waals surface area contributed by atoms with Crippen LogP contribution in [-0.4, -0.2) is 55.4 Å². The van der Waals surface area contributed by atoms with Gasteiger partial charge in [-0.1, -0.05) is 33.6 Å². The first-order valence-electron chi connectivity index (χ1n) is 9.37. The Morgan fingerprint density at radius 1 is 1.00 bits per heavy atom. The first kappa shape index (κ1) is 19.6. The topological polar surface area (TPSA) is 45.6 Å². The first-order chi connectivity index (χ1) is 13.3. The van der Waals surface area contributed by atoms with Gasteiger partial charge in [0.15, 0.2) is 0 Å². The highest BCUT2D eigenvalue weighted by molar-refractivity contribution is 9.10. The SMILES string of the molecule is Cc1ccc(S(=O)(=O)n2cc(CN3CCN(C)CC3)c3cc(Br)ccc32)cc1. The van der Waals surface area contributed by atoms with E-state index in [0.29, 0.717) is 10.4 Å². The first-order valence-corrected chi connectivity index (χ1v) is 11.6. The minimum absolute atomic E-state index is 0.309. The fourth-order valence-corrected chi connectivity index (χ4v) is 5.39. The largest absolute Gasteiger partial charge is 0.304 e. The van der Waals surface area contributed by atoms with Crippen molar-refractivity contribution in [1.29, 1.82) is 0 Å². The van der Waals surface area contributed by atoms with Crippen LogP contribution in [0.4, 0.5) is 0 Å². The third-order valence-electron chi connectivity index (χ3n) is 5.38. The molecule has 0 spiro atoms. The zero-order chi connectivity index (χ0) is 19.9. The van der Waals surface area contributed by atoms with Gasteiger partial charge in [-0.05, 0) is 49.9 Å². The van der Waals surface area contributed by atoms with E-state index in [9.17, 15) is 8.42 Å². The minimum Gasteiger partial charge on any atom is -0.304 e. The van der Waals surface area contributed by atoms with Crippen molar-refractivity contribution in [1.82, 2.24) is 13.8 Å². The summed E-state index contributed by atoms with van der Waals surface area (Å²) in [5, 5.41) is 0.976. The number of piperazine rings is 1. The number of nitrogens with zero attached hydrogens (tertiary/aromatic N) is 3. The summed E-state index contributed by atoms with van der Waals surface area (Å²) in [6.07, 6.45) is 1.80. The maximum absolute atomic E-state index is 13.3. The summed E-state index contributed by atoms with van der Waals surface area (Å²) in [6.45, 7) is 6.74. The van der Waals surface area contributed by atoms with Crippen molar-refractivity contribution in [3.05, 3.63) is 64.3 Å². The molecule has 0 unspecified atom stereocenters. The van der Waals surface area contributed by atoms with Crippen LogP contribution in [0.25, 0.3) is 10.9 Å². The summed E-state index contributed by atoms with van der Waals surface area (Å²) in [4.78, 5) is 5.01. The average Bonchev–Trinajstić information content (AvgIpc) is 3.02. The molecular weight excluding hydrogens is 438 g/mol. The lowest BCUT2D eigenvalue weighted by atomic mass is 10.1. The molecule has 0 saturated carbocycles. The second-order valence-corrected chi connectivity index (χ2v) is 10.2. The van der Waals surface area contributed by atoms with Crippen molar-refractivity contribution >= 4 is 36.9 Å². The zero-order valence-corrected chi connectivity index (χ0v) is 18.5. The molecule has 2 heterocycles. The fraction of sp³-hybridized carbons (Fsp3) is 0.333. The summed E-state index contributed by atoms with van der Waals surface area (Å²) in [5.74, 6) is 0. The van der Waals surface area contributed by atoms with Crippen LogP contribution in [0.2, 0.25) is 0 Å². The lowest BCUT2D eigenvalue weighted by Crippen LogP contribution is -2.43. The van der Waals surface area contributed by atoms with E-state index in [1.54, 1.807) is 18.3 Å². The van der Waals surface area contributed by atoms with Crippen LogP contribution in [0.15, 0.2) is 58.0 Å². The fourth-order valence-electron chi connectivity index (χ4n) is 3.63. The molecule has 0 N–H and O–H groups in total. The molecule has 7 heteroatoms. The van der Waals surface area contributed by atoms with Gasteiger partial charge in [-0.25, -0.2) is 12.4 Å². The highest BCUT2D eigenvalue weighted by Crippen LogP contribution is 2.29. The lowest BCUT2D eigenvalue weighted by Gasteiger charge is -2.32. The molecule has 2 aromatic carbocycles. The highest BCUT2D eigenvalue weighted by atomic mass is 79.9. The number of aryl methyl sites for hydroxylation is 1. The third-order valence-corrected chi connectivity index (χ3v) is 7.56. The van der Waals surface area contributed by atoms with Gasteiger partial charge in [0.25, 0.3) is 10.0 Å². The number of likely N-dealkylation sites (N-methyl/N-ethyl adjacent to an activating group) is 1. The predicted molar refractivity (Wildman–Crippen MR) is 116 cm³/mol. The quantitative estimate of drug-likeness (QED) is 0.594. The van der Waals surface area contributed by atoms with Crippen molar-refractivity contribution in [3.63, 3.8) is 0 Å². The Hall–Kier alpha value is -1.67. The summed E-state index contributed by atoms with van der Waals surface area (Å²) in [5.41, 5.74) is 2.79. The van der Waals surface area contributed by atoms with E-state index in [1.807, 2.05) is 37.3 Å². The summed E-state index contributed by atoms with van der Waals surface area (Å²) in [7, 11) is -1.52. The van der Waals surface area contributed by atoms with E-state index >= 15 is 0 Å². The van der Waals surface area contributed by atoms with Gasteiger partial charge >= 0.3 is 0 Å². The van der Waals surface area contributed by atoms with Crippen LogP contribution >= 0.6 is 15.9 Å². The van der Waals surface area contributed by atoms with Crippen molar-refractivity contribution < 1.29 is 8.42 Å². The van der Waals surface area contributed by atoms with Crippen LogP contribution in [0.1, 0.15) is 11.1 Å². The molecule has 1 aliphatic heterocycles. The second kappa shape index (κ2) is 7.63. The number of fused-ring (bicyclic) bond motifs is 1. The summed E-state index contributed by atoms with van der Waals surface area (Å²) in [6, 6.07) is 12.8. The Bertz CT molecular complexity index is 1100. The smallest absolute Gasteiger partial charge is 0.268 e. The molecule has 1 fully saturated rings. The molecule has 28 heavy (non-hydrogen) atoms. The molecule has 0 atom stereocenters. The number of hydrogen-bond acceptors (Lipinski definition) is 4. The van der Waals surface area contributed by atoms with Crippen LogP contribution in [-0.2, 0) is 16.6 Å². The van der Waals surface area contributed by atoms with Crippen LogP contribution < -0.4 is 0 Å². The Labute approximate surface area is 174 Å². The van der Waals surface area contributed by atoms with Crippen molar-refractivity contribution in [2.24, 2.45) is 0 Å². The second-order valence-electron chi connectivity index (χ2n) is 7.51. The Balaban J connectivity index is 1.78. The Morgan fingerprint density at radius 3 is 2.36 bits per heavy atom. The molecule has 1 aromatic heterocycles. The van der Waals surface area contributed by atoms with Gasteiger partial charge in [-0.3, -0.25) is 4.90 Å². The maximum atomic E-state index is 13.3. The van der Waals surface area contributed by atoms with E-state index in [4.69, 9.17) is 0 Å². The van der Waals surface area contributed by atoms with Crippen molar-refractivity contribution in [2.45, 2.75) is 18.4 Å². The van der Waals surface area contributed by atoms with Gasteiger partial charge in [0.1, 0.15) is 0 Å². The monoisotopic (exact) mass is 461 g/mol. The lowest BCUT2D eigenvalue weighted by molar-refractivity contribution is 0.148. The molecule has 4 rings (SSSR count). The number of benzene rings is 2. The normalized spacial score (nSPS) is 16.7. The standard InChI is InChI=1S/C21H24BrN3O2S/c1-16-3-6-19(7-4-16)28(26,27)25-15-17(14-24-11-9-23(2)10-12-24)20-13-18(22)5-8-21(20)25/h3-8,13,15H,9-12,14H2,1-2H3. The maximum Gasteiger partial charge on any atom is 0.268 e. The molecule has 0 radical (unpaired) electrons. The third kappa shape index (κ3) is 3.76. The Morgan fingerprint density at radius 2 is 1.68 bits per heavy atom. The number of aromatic nitrogens is 1. The molecule has 3 aromatic rings. The number of halogens is 1. The minimum atomic E-state index is -3.65. The zero-order valence-electron chi connectivity index (χ0n) is 16.1. The predicted octanol–water partition coefficient (Wildman–Crippen LogP) is 3.70.